The van der Waals surface area contributed by atoms with Crippen molar-refractivity contribution in [3.05, 3.63) is 16.1 Å². The molecule has 0 aliphatic heterocycles. The van der Waals surface area contributed by atoms with Crippen LogP contribution in [0.3, 0.4) is 0 Å². The lowest BCUT2D eigenvalue weighted by atomic mass is 10.1. The Labute approximate surface area is 106 Å². The predicted molar refractivity (Wildman–Crippen MR) is 66.9 cm³/mol. The van der Waals surface area contributed by atoms with E-state index in [1.54, 1.807) is 20.0 Å². The van der Waals surface area contributed by atoms with Crippen molar-refractivity contribution in [1.82, 2.24) is 4.98 Å². The molecule has 0 unspecified atom stereocenters. The van der Waals surface area contributed by atoms with E-state index in [0.717, 1.165) is 4.88 Å². The second-order valence-electron chi connectivity index (χ2n) is 5.44. The number of ether oxygens (including phenoxy) is 1. The van der Waals surface area contributed by atoms with Crippen LogP contribution in [0.5, 0.6) is 0 Å². The number of nitrogens with zero attached hydrogens (tertiary/aromatic N) is 1. The molecule has 0 amide bonds. The fraction of sp³-hybridized carbons (Fsp3) is 0.667. The van der Waals surface area contributed by atoms with Gasteiger partial charge in [0.1, 0.15) is 10.6 Å². The summed E-state index contributed by atoms with van der Waals surface area (Å²) in [5.74, 6) is -0.297. The Morgan fingerprint density at radius 2 is 2.00 bits per heavy atom. The van der Waals surface area contributed by atoms with Gasteiger partial charge in [0.25, 0.3) is 0 Å². The number of esters is 1. The zero-order valence-corrected chi connectivity index (χ0v) is 11.7. The Kier molecular flexibility index (Phi) is 3.94. The maximum Gasteiger partial charge on any atom is 0.313 e. The third-order valence-corrected chi connectivity index (χ3v) is 3.18. The summed E-state index contributed by atoms with van der Waals surface area (Å²) >= 11 is 1.33. The predicted octanol–water partition coefficient (Wildman–Crippen LogP) is 2.25. The third-order valence-electron chi connectivity index (χ3n) is 1.87. The van der Waals surface area contributed by atoms with Gasteiger partial charge in [-0.05, 0) is 34.6 Å². The fourth-order valence-corrected chi connectivity index (χ4v) is 2.08. The molecule has 0 fully saturated rings. The SMILES string of the molecule is CC(C)(C)OC(=O)Cc1ncc(C(C)(C)O)s1. The largest absolute Gasteiger partial charge is 0.460 e. The molecule has 0 radical (unpaired) electrons. The fourth-order valence-electron chi connectivity index (χ4n) is 1.18. The molecule has 1 aromatic rings. The summed E-state index contributed by atoms with van der Waals surface area (Å²) in [7, 11) is 0. The van der Waals surface area contributed by atoms with Crippen LogP contribution < -0.4 is 0 Å². The van der Waals surface area contributed by atoms with Crippen molar-refractivity contribution < 1.29 is 14.6 Å². The molecule has 1 aromatic heterocycles. The first-order chi connectivity index (χ1) is 7.58. The quantitative estimate of drug-likeness (QED) is 0.844. The Hall–Kier alpha value is -0.940. The van der Waals surface area contributed by atoms with E-state index in [9.17, 15) is 9.90 Å². The van der Waals surface area contributed by atoms with Gasteiger partial charge >= 0.3 is 5.97 Å². The minimum atomic E-state index is -0.913. The molecule has 0 aliphatic rings. The lowest BCUT2D eigenvalue weighted by molar-refractivity contribution is -0.153. The molecule has 1 N–H and O–H groups in total. The lowest BCUT2D eigenvalue weighted by Crippen LogP contribution is -2.24. The molecule has 5 heteroatoms. The van der Waals surface area contributed by atoms with Gasteiger partial charge < -0.3 is 9.84 Å². The monoisotopic (exact) mass is 257 g/mol. The van der Waals surface area contributed by atoms with Gasteiger partial charge in [-0.15, -0.1) is 11.3 Å². The second kappa shape index (κ2) is 4.74. The summed E-state index contributed by atoms with van der Waals surface area (Å²) in [5.41, 5.74) is -1.39. The van der Waals surface area contributed by atoms with Crippen molar-refractivity contribution in [2.45, 2.75) is 52.2 Å². The van der Waals surface area contributed by atoms with Gasteiger partial charge in [0.15, 0.2) is 0 Å². The number of hydrogen-bond acceptors (Lipinski definition) is 5. The second-order valence-corrected chi connectivity index (χ2v) is 6.56. The van der Waals surface area contributed by atoms with Crippen molar-refractivity contribution in [2.75, 3.05) is 0 Å². The molecule has 4 nitrogen and oxygen atoms in total. The summed E-state index contributed by atoms with van der Waals surface area (Å²) in [5, 5.41) is 10.4. The first-order valence-electron chi connectivity index (χ1n) is 5.47. The van der Waals surface area contributed by atoms with Crippen molar-refractivity contribution >= 4 is 17.3 Å². The van der Waals surface area contributed by atoms with Crippen LogP contribution in [0.4, 0.5) is 0 Å². The van der Waals surface area contributed by atoms with Crippen LogP contribution in [0.25, 0.3) is 0 Å². The van der Waals surface area contributed by atoms with Crippen molar-refractivity contribution in [1.29, 1.82) is 0 Å². The molecule has 1 heterocycles. The van der Waals surface area contributed by atoms with E-state index < -0.39 is 11.2 Å². The Balaban J connectivity index is 2.65. The molecule has 0 aliphatic carbocycles. The summed E-state index contributed by atoms with van der Waals surface area (Å²) in [6.07, 6.45) is 1.75. The average molecular weight is 257 g/mol. The summed E-state index contributed by atoms with van der Waals surface area (Å²) in [4.78, 5) is 16.4. The first kappa shape index (κ1) is 14.1. The molecular formula is C12H19NO3S. The van der Waals surface area contributed by atoms with Crippen LogP contribution in [0.1, 0.15) is 44.5 Å². The van der Waals surface area contributed by atoms with E-state index in [0.29, 0.717) is 5.01 Å². The highest BCUT2D eigenvalue weighted by molar-refractivity contribution is 7.11. The highest BCUT2D eigenvalue weighted by Gasteiger charge is 2.22. The van der Waals surface area contributed by atoms with Gasteiger partial charge in [0, 0.05) is 6.20 Å². The Bertz CT molecular complexity index is 399. The van der Waals surface area contributed by atoms with Gasteiger partial charge in [-0.25, -0.2) is 4.98 Å². The van der Waals surface area contributed by atoms with E-state index in [1.807, 2.05) is 20.8 Å². The number of rotatable bonds is 3. The van der Waals surface area contributed by atoms with Gasteiger partial charge in [0.05, 0.1) is 16.9 Å². The van der Waals surface area contributed by atoms with Gasteiger partial charge in [-0.3, -0.25) is 4.79 Å². The standard InChI is InChI=1S/C12H19NO3S/c1-11(2,3)16-10(14)6-9-13-7-8(17-9)12(4,5)15/h7,15H,6H2,1-5H3. The lowest BCUT2D eigenvalue weighted by Gasteiger charge is -2.19. The first-order valence-corrected chi connectivity index (χ1v) is 6.29. The molecule has 0 saturated heterocycles. The number of carbonyl (C=O) groups is 1. The van der Waals surface area contributed by atoms with Crippen LogP contribution in [-0.2, 0) is 21.6 Å². The molecular weight excluding hydrogens is 238 g/mol. The summed E-state index contributed by atoms with van der Waals surface area (Å²) in [6, 6.07) is 0. The van der Waals surface area contributed by atoms with Crippen molar-refractivity contribution in [3.63, 3.8) is 0 Å². The molecule has 1 rings (SSSR count). The van der Waals surface area contributed by atoms with E-state index in [-0.39, 0.29) is 12.4 Å². The number of thiazole rings is 1. The topological polar surface area (TPSA) is 59.4 Å². The molecule has 17 heavy (non-hydrogen) atoms. The molecule has 0 bridgehead atoms. The van der Waals surface area contributed by atoms with Gasteiger partial charge in [0.2, 0.25) is 0 Å². The molecule has 0 spiro atoms. The normalized spacial score (nSPS) is 12.6. The highest BCUT2D eigenvalue weighted by Crippen LogP contribution is 2.26. The number of carbonyl (C=O) groups excluding carboxylic acids is 1. The van der Waals surface area contributed by atoms with E-state index in [1.165, 1.54) is 11.3 Å². The zero-order chi connectivity index (χ0) is 13.3. The molecule has 0 aromatic carbocycles. The van der Waals surface area contributed by atoms with Crippen LogP contribution >= 0.6 is 11.3 Å². The van der Waals surface area contributed by atoms with Crippen LogP contribution in [0, 0.1) is 0 Å². The number of aliphatic hydroxyl groups is 1. The Morgan fingerprint density at radius 1 is 1.41 bits per heavy atom. The molecule has 0 atom stereocenters. The van der Waals surface area contributed by atoms with Crippen molar-refractivity contribution in [2.24, 2.45) is 0 Å². The average Bonchev–Trinajstić information content (AvgIpc) is 2.47. The van der Waals surface area contributed by atoms with Crippen LogP contribution in [-0.4, -0.2) is 21.7 Å². The minimum absolute atomic E-state index is 0.151. The number of hydrogen-bond donors (Lipinski definition) is 1. The van der Waals surface area contributed by atoms with Crippen LogP contribution in [0.15, 0.2) is 6.20 Å². The maximum atomic E-state index is 11.6. The zero-order valence-electron chi connectivity index (χ0n) is 10.9. The number of aromatic nitrogens is 1. The molecule has 0 saturated carbocycles. The van der Waals surface area contributed by atoms with Crippen molar-refractivity contribution in [3.8, 4) is 0 Å². The van der Waals surface area contributed by atoms with Crippen LogP contribution in [0.2, 0.25) is 0 Å². The maximum absolute atomic E-state index is 11.6. The van der Waals surface area contributed by atoms with Gasteiger partial charge in [-0.1, -0.05) is 0 Å². The minimum Gasteiger partial charge on any atom is -0.460 e. The summed E-state index contributed by atoms with van der Waals surface area (Å²) in [6.45, 7) is 8.87. The smallest absolute Gasteiger partial charge is 0.313 e. The van der Waals surface area contributed by atoms with E-state index >= 15 is 0 Å². The third kappa shape index (κ3) is 4.83. The Morgan fingerprint density at radius 3 is 2.41 bits per heavy atom. The van der Waals surface area contributed by atoms with Gasteiger partial charge in [-0.2, -0.15) is 0 Å². The highest BCUT2D eigenvalue weighted by atomic mass is 32.1. The van der Waals surface area contributed by atoms with E-state index in [4.69, 9.17) is 4.74 Å². The van der Waals surface area contributed by atoms with E-state index in [2.05, 4.69) is 4.98 Å². The summed E-state index contributed by atoms with van der Waals surface area (Å²) < 4.78 is 5.20. The molecule has 96 valence electrons.